The molecule has 1 spiro atoms. The van der Waals surface area contributed by atoms with Crippen LogP contribution in [0.1, 0.15) is 50.4 Å². The molecule has 6 nitrogen and oxygen atoms in total. The van der Waals surface area contributed by atoms with Crippen molar-refractivity contribution in [2.45, 2.75) is 46.1 Å². The van der Waals surface area contributed by atoms with Crippen LogP contribution in [0.15, 0.2) is 70.7 Å². The maximum absolute atomic E-state index is 13.6. The van der Waals surface area contributed by atoms with Gasteiger partial charge in [0.1, 0.15) is 17.5 Å². The molecule has 1 aromatic rings. The number of benzene rings is 1. The summed E-state index contributed by atoms with van der Waals surface area (Å²) in [7, 11) is 0. The summed E-state index contributed by atoms with van der Waals surface area (Å²) >= 11 is 0. The maximum Gasteiger partial charge on any atom is 0.337 e. The molecule has 1 atom stereocenters. The van der Waals surface area contributed by atoms with Crippen LogP contribution in [-0.2, 0) is 0 Å². The second kappa shape index (κ2) is 8.89. The molecule has 1 aromatic carbocycles. The number of carbonyl (C=O) groups is 1. The number of nitrogens with zero attached hydrogens (tertiary/aromatic N) is 2. The molecule has 4 rings (SSSR count). The van der Waals surface area contributed by atoms with Gasteiger partial charge in [0.15, 0.2) is 0 Å². The first-order valence-electron chi connectivity index (χ1n) is 11.4. The molecule has 174 valence electrons. The molecule has 33 heavy (non-hydrogen) atoms. The Labute approximate surface area is 194 Å². The molecule has 1 saturated heterocycles. The van der Waals surface area contributed by atoms with E-state index in [9.17, 15) is 14.3 Å². The monoisotopic (exact) mass is 450 g/mol. The van der Waals surface area contributed by atoms with Gasteiger partial charge in [-0.2, -0.15) is 0 Å². The van der Waals surface area contributed by atoms with Crippen molar-refractivity contribution in [3.8, 4) is 0 Å². The number of aromatic carboxylic acids is 1. The molecule has 0 amide bonds. The average molecular weight is 451 g/mol. The summed E-state index contributed by atoms with van der Waals surface area (Å²) < 4.78 is 13.6. The molecule has 2 fully saturated rings. The normalized spacial score (nSPS) is 20.8. The zero-order valence-corrected chi connectivity index (χ0v) is 19.4. The molecule has 1 saturated carbocycles. The minimum Gasteiger partial charge on any atom is -0.478 e. The number of allylic oxidation sites excluding steroid dienone is 4. The fraction of sp³-hybridized carbons (Fsp3) is 0.385. The summed E-state index contributed by atoms with van der Waals surface area (Å²) in [6.45, 7) is 12.1. The minimum atomic E-state index is -1.19. The Hall–Kier alpha value is -3.35. The lowest BCUT2D eigenvalue weighted by molar-refractivity contribution is -0.0392. The third-order valence-corrected chi connectivity index (χ3v) is 6.76. The van der Waals surface area contributed by atoms with Gasteiger partial charge in [-0.05, 0) is 51.8 Å². The molecule has 3 aliphatic rings. The Kier molecular flexibility index (Phi) is 6.15. The fourth-order valence-electron chi connectivity index (χ4n) is 4.59. The Bertz CT molecular complexity index is 1100. The van der Waals surface area contributed by atoms with Crippen LogP contribution in [0.3, 0.4) is 0 Å². The van der Waals surface area contributed by atoms with Gasteiger partial charge >= 0.3 is 5.97 Å². The van der Waals surface area contributed by atoms with Crippen molar-refractivity contribution in [3.05, 3.63) is 77.1 Å². The van der Waals surface area contributed by atoms with Crippen LogP contribution in [0.25, 0.3) is 0 Å². The molecule has 2 heterocycles. The first-order valence-corrected chi connectivity index (χ1v) is 11.4. The predicted octanol–water partition coefficient (Wildman–Crippen LogP) is 5.06. The minimum absolute atomic E-state index is 0.112. The van der Waals surface area contributed by atoms with Gasteiger partial charge < -0.3 is 20.6 Å². The Morgan fingerprint density at radius 1 is 1.39 bits per heavy atom. The van der Waals surface area contributed by atoms with Crippen LogP contribution < -0.4 is 10.6 Å². The Morgan fingerprint density at radius 2 is 2.12 bits per heavy atom. The van der Waals surface area contributed by atoms with E-state index in [0.717, 1.165) is 41.8 Å². The SMILES string of the molecule is C=C1C=C(N2CC3(CCC3)C2)N=C(/C(=C\C(C)=C/C)C(C)Nc2ccc(F)cc2C(=O)O)N1. The molecule has 0 radical (unpaired) electrons. The lowest BCUT2D eigenvalue weighted by atomic mass is 9.63. The summed E-state index contributed by atoms with van der Waals surface area (Å²) in [4.78, 5) is 18.9. The van der Waals surface area contributed by atoms with Gasteiger partial charge in [0.2, 0.25) is 0 Å². The van der Waals surface area contributed by atoms with Crippen LogP contribution in [0.2, 0.25) is 0 Å². The molecule has 0 aromatic heterocycles. The third kappa shape index (κ3) is 4.72. The highest BCUT2D eigenvalue weighted by molar-refractivity contribution is 6.03. The zero-order chi connectivity index (χ0) is 23.8. The Morgan fingerprint density at radius 3 is 2.73 bits per heavy atom. The lowest BCUT2D eigenvalue weighted by Gasteiger charge is -2.57. The van der Waals surface area contributed by atoms with Gasteiger partial charge in [-0.1, -0.05) is 30.7 Å². The smallest absolute Gasteiger partial charge is 0.337 e. The van der Waals surface area contributed by atoms with Crippen LogP contribution in [-0.4, -0.2) is 40.9 Å². The quantitative estimate of drug-likeness (QED) is 0.506. The zero-order valence-electron chi connectivity index (χ0n) is 19.4. The molecule has 1 aliphatic carbocycles. The second-order valence-electron chi connectivity index (χ2n) is 9.32. The Balaban J connectivity index is 1.62. The van der Waals surface area contributed by atoms with E-state index in [1.807, 2.05) is 39.0 Å². The van der Waals surface area contributed by atoms with E-state index in [1.54, 1.807) is 0 Å². The van der Waals surface area contributed by atoms with E-state index in [2.05, 4.69) is 22.1 Å². The summed E-state index contributed by atoms with van der Waals surface area (Å²) in [5.74, 6) is -0.203. The van der Waals surface area contributed by atoms with E-state index in [-0.39, 0.29) is 11.6 Å². The summed E-state index contributed by atoms with van der Waals surface area (Å²) in [5, 5.41) is 16.0. The van der Waals surface area contributed by atoms with E-state index >= 15 is 0 Å². The standard InChI is InChI=1S/C26H31FN4O2/c1-5-16(2)11-20(18(4)29-22-8-7-19(27)13-21(22)25(32)33)24-28-17(3)12-23(30-24)31-14-26(15-31)9-6-10-26/h5,7-8,11-13,18,29H,3,6,9-10,14-15H2,1-2,4H3,(H,28,30)(H,32,33)/b16-5-,20-11-. The van der Waals surface area contributed by atoms with Crippen molar-refractivity contribution in [2.24, 2.45) is 10.4 Å². The predicted molar refractivity (Wildman–Crippen MR) is 130 cm³/mol. The number of hydrogen-bond donors (Lipinski definition) is 3. The number of amidine groups is 1. The van der Waals surface area contributed by atoms with Crippen molar-refractivity contribution in [3.63, 3.8) is 0 Å². The van der Waals surface area contributed by atoms with Crippen LogP contribution >= 0.6 is 0 Å². The number of nitrogens with one attached hydrogen (secondary N) is 2. The number of carboxylic acids is 1. The molecular formula is C26H31FN4O2. The van der Waals surface area contributed by atoms with Crippen molar-refractivity contribution >= 4 is 17.5 Å². The maximum atomic E-state index is 13.6. The van der Waals surface area contributed by atoms with E-state index in [1.165, 1.54) is 31.4 Å². The number of hydrogen-bond acceptors (Lipinski definition) is 5. The van der Waals surface area contributed by atoms with Crippen molar-refractivity contribution in [1.29, 1.82) is 0 Å². The molecule has 2 aliphatic heterocycles. The summed E-state index contributed by atoms with van der Waals surface area (Å²) in [6.07, 6.45) is 9.89. The number of carboxylic acid groups (broad SMARTS) is 1. The van der Waals surface area contributed by atoms with Gasteiger partial charge in [0.05, 0.1) is 11.6 Å². The number of anilines is 1. The molecular weight excluding hydrogens is 419 g/mol. The van der Waals surface area contributed by atoms with E-state index in [4.69, 9.17) is 4.99 Å². The first kappa shape index (κ1) is 22.8. The average Bonchev–Trinajstić information content (AvgIpc) is 2.70. The second-order valence-corrected chi connectivity index (χ2v) is 9.32. The largest absolute Gasteiger partial charge is 0.478 e. The number of rotatable bonds is 7. The van der Waals surface area contributed by atoms with Crippen LogP contribution in [0.5, 0.6) is 0 Å². The fourth-order valence-corrected chi connectivity index (χ4v) is 4.59. The van der Waals surface area contributed by atoms with E-state index < -0.39 is 11.8 Å². The highest BCUT2D eigenvalue weighted by atomic mass is 19.1. The molecule has 1 unspecified atom stereocenters. The molecule has 3 N–H and O–H groups in total. The van der Waals surface area contributed by atoms with Crippen molar-refractivity contribution in [2.75, 3.05) is 18.4 Å². The number of aliphatic imine (C=N–C) groups is 1. The highest BCUT2D eigenvalue weighted by Crippen LogP contribution is 2.49. The lowest BCUT2D eigenvalue weighted by Crippen LogP contribution is -2.59. The van der Waals surface area contributed by atoms with Gasteiger partial charge in [-0.3, -0.25) is 0 Å². The number of halogens is 1. The number of likely N-dealkylation sites (tertiary alicyclic amines) is 1. The summed E-state index contributed by atoms with van der Waals surface area (Å²) in [6, 6.07) is 3.42. The topological polar surface area (TPSA) is 77.0 Å². The van der Waals surface area contributed by atoms with Gasteiger partial charge in [-0.25, -0.2) is 14.2 Å². The van der Waals surface area contributed by atoms with E-state index in [0.29, 0.717) is 16.9 Å². The van der Waals surface area contributed by atoms with Gasteiger partial charge in [0, 0.05) is 41.5 Å². The third-order valence-electron chi connectivity index (χ3n) is 6.76. The van der Waals surface area contributed by atoms with Crippen LogP contribution in [0, 0.1) is 11.2 Å². The molecule has 0 bridgehead atoms. The first-order chi connectivity index (χ1) is 15.7. The van der Waals surface area contributed by atoms with Crippen LogP contribution in [0.4, 0.5) is 10.1 Å². The van der Waals surface area contributed by atoms with Crippen molar-refractivity contribution in [1.82, 2.24) is 10.2 Å². The van der Waals surface area contributed by atoms with Gasteiger partial charge in [-0.15, -0.1) is 0 Å². The summed E-state index contributed by atoms with van der Waals surface area (Å²) in [5.41, 5.74) is 3.37. The van der Waals surface area contributed by atoms with Gasteiger partial charge in [0.25, 0.3) is 0 Å². The van der Waals surface area contributed by atoms with Crippen molar-refractivity contribution < 1.29 is 14.3 Å². The highest BCUT2D eigenvalue weighted by Gasteiger charge is 2.48. The molecule has 7 heteroatoms.